The van der Waals surface area contributed by atoms with Crippen molar-refractivity contribution >= 4 is 28.7 Å². The number of fused-ring (bicyclic) bond motifs is 2. The van der Waals surface area contributed by atoms with E-state index < -0.39 is 0 Å². The van der Waals surface area contributed by atoms with Gasteiger partial charge in [0.1, 0.15) is 0 Å². The van der Waals surface area contributed by atoms with Gasteiger partial charge in [-0.25, -0.2) is 0 Å². The molecule has 0 atom stereocenters. The van der Waals surface area contributed by atoms with E-state index in [-0.39, 0.29) is 30.8 Å². The van der Waals surface area contributed by atoms with Crippen LogP contribution in [0.1, 0.15) is 39.1 Å². The van der Waals surface area contributed by atoms with Crippen molar-refractivity contribution in [3.63, 3.8) is 0 Å². The molecule has 0 saturated carbocycles. The molecule has 6 nitrogen and oxygen atoms in total. The van der Waals surface area contributed by atoms with Crippen LogP contribution in [0.2, 0.25) is 0 Å². The summed E-state index contributed by atoms with van der Waals surface area (Å²) in [6.07, 6.45) is 3.22. The Morgan fingerprint density at radius 1 is 0.929 bits per heavy atom. The predicted molar refractivity (Wildman–Crippen MR) is 104 cm³/mol. The number of hydrogen-bond acceptors (Lipinski definition) is 4. The molecule has 0 radical (unpaired) electrons. The normalized spacial score (nSPS) is 13.2. The van der Waals surface area contributed by atoms with E-state index in [0.29, 0.717) is 30.5 Å². The number of esters is 1. The Morgan fingerprint density at radius 3 is 2.36 bits per heavy atom. The number of nitrogens with zero attached hydrogens (tertiary/aromatic N) is 1. The number of H-pyrrole nitrogens is 1. The second-order valence-corrected chi connectivity index (χ2v) is 6.77. The van der Waals surface area contributed by atoms with Crippen LogP contribution in [-0.2, 0) is 16.0 Å². The molecule has 0 bridgehead atoms. The number of rotatable bonds is 7. The number of ether oxygens (including phenoxy) is 1. The van der Waals surface area contributed by atoms with Crippen LogP contribution in [0, 0.1) is 0 Å². The fourth-order valence-electron chi connectivity index (χ4n) is 3.48. The summed E-state index contributed by atoms with van der Waals surface area (Å²) in [6.45, 7) is 0.594. The lowest BCUT2D eigenvalue weighted by atomic mass is 10.1. The van der Waals surface area contributed by atoms with Gasteiger partial charge in [-0.1, -0.05) is 30.3 Å². The van der Waals surface area contributed by atoms with Crippen LogP contribution in [0.25, 0.3) is 10.9 Å². The summed E-state index contributed by atoms with van der Waals surface area (Å²) < 4.78 is 5.30. The molecule has 0 unspecified atom stereocenters. The first-order valence-corrected chi connectivity index (χ1v) is 9.31. The number of benzene rings is 2. The van der Waals surface area contributed by atoms with Gasteiger partial charge < -0.3 is 9.72 Å². The summed E-state index contributed by atoms with van der Waals surface area (Å²) in [5, 5.41) is 1.02. The molecule has 1 aliphatic rings. The molecule has 2 aromatic carbocycles. The zero-order chi connectivity index (χ0) is 19.5. The Kier molecular flexibility index (Phi) is 4.93. The van der Waals surface area contributed by atoms with Gasteiger partial charge in [0.25, 0.3) is 11.8 Å². The molecule has 3 aromatic rings. The highest BCUT2D eigenvalue weighted by Crippen LogP contribution is 2.22. The molecule has 0 spiro atoms. The zero-order valence-corrected chi connectivity index (χ0v) is 15.3. The topological polar surface area (TPSA) is 79.5 Å². The van der Waals surface area contributed by atoms with Gasteiger partial charge in [-0.15, -0.1) is 0 Å². The lowest BCUT2D eigenvalue weighted by Gasteiger charge is -2.13. The Labute approximate surface area is 162 Å². The Balaban J connectivity index is 1.22. The molecule has 2 amide bonds. The van der Waals surface area contributed by atoms with Crippen molar-refractivity contribution < 1.29 is 19.1 Å². The number of imide groups is 1. The Bertz CT molecular complexity index is 1020. The number of aromatic nitrogens is 1. The second-order valence-electron chi connectivity index (χ2n) is 6.77. The third-order valence-electron chi connectivity index (χ3n) is 4.93. The fourth-order valence-corrected chi connectivity index (χ4v) is 3.48. The number of nitrogens with one attached hydrogen (secondary N) is 1. The third-order valence-corrected chi connectivity index (χ3v) is 4.93. The monoisotopic (exact) mass is 376 g/mol. The van der Waals surface area contributed by atoms with Crippen molar-refractivity contribution in [3.8, 4) is 0 Å². The zero-order valence-electron chi connectivity index (χ0n) is 15.3. The maximum absolute atomic E-state index is 12.3. The molecule has 4 rings (SSSR count). The lowest BCUT2D eigenvalue weighted by Crippen LogP contribution is -2.30. The number of unbranched alkanes of at least 4 members (excludes halogenated alkanes) is 1. The first-order chi connectivity index (χ1) is 13.6. The van der Waals surface area contributed by atoms with E-state index in [2.05, 4.69) is 4.98 Å². The number of aromatic amines is 1. The molecule has 1 aromatic heterocycles. The van der Waals surface area contributed by atoms with Crippen LogP contribution in [0.3, 0.4) is 0 Å². The molecule has 2 heterocycles. The van der Waals surface area contributed by atoms with Gasteiger partial charge in [0.15, 0.2) is 0 Å². The number of carbonyl (C=O) groups excluding carboxylic acids is 3. The number of hydrogen-bond donors (Lipinski definition) is 1. The molecular weight excluding hydrogens is 356 g/mol. The number of para-hydroxylation sites is 1. The lowest BCUT2D eigenvalue weighted by molar-refractivity contribution is -0.142. The van der Waals surface area contributed by atoms with Crippen LogP contribution in [0.4, 0.5) is 0 Å². The Morgan fingerprint density at radius 2 is 1.61 bits per heavy atom. The minimum absolute atomic E-state index is 0.211. The minimum atomic E-state index is -0.287. The SMILES string of the molecule is O=C(Cc1c[nH]c2ccccc12)OCCCCN1C(=O)c2ccccc2C1=O. The number of amides is 2. The molecule has 0 aliphatic carbocycles. The fraction of sp³-hybridized carbons (Fsp3) is 0.227. The molecule has 28 heavy (non-hydrogen) atoms. The highest BCUT2D eigenvalue weighted by Gasteiger charge is 2.34. The largest absolute Gasteiger partial charge is 0.465 e. The van der Waals surface area contributed by atoms with Crippen molar-refractivity contribution in [1.82, 2.24) is 9.88 Å². The van der Waals surface area contributed by atoms with Gasteiger partial charge in [0.05, 0.1) is 24.2 Å². The van der Waals surface area contributed by atoms with Crippen molar-refractivity contribution in [2.75, 3.05) is 13.2 Å². The molecule has 0 saturated heterocycles. The van der Waals surface area contributed by atoms with Crippen molar-refractivity contribution in [2.24, 2.45) is 0 Å². The van der Waals surface area contributed by atoms with Crippen molar-refractivity contribution in [1.29, 1.82) is 0 Å². The quantitative estimate of drug-likeness (QED) is 0.390. The molecular formula is C22H20N2O4. The van der Waals surface area contributed by atoms with Crippen LogP contribution in [0.15, 0.2) is 54.7 Å². The summed E-state index contributed by atoms with van der Waals surface area (Å²) >= 11 is 0. The van der Waals surface area contributed by atoms with Gasteiger partial charge in [0, 0.05) is 23.6 Å². The first kappa shape index (κ1) is 18.0. The molecule has 6 heteroatoms. The van der Waals surface area contributed by atoms with E-state index in [9.17, 15) is 14.4 Å². The standard InChI is InChI=1S/C22H20N2O4/c25-20(13-15-14-23-19-10-4-3-7-16(15)19)28-12-6-5-11-24-21(26)17-8-1-2-9-18(17)22(24)27/h1-4,7-10,14,23H,5-6,11-13H2. The highest BCUT2D eigenvalue weighted by atomic mass is 16.5. The van der Waals surface area contributed by atoms with E-state index >= 15 is 0 Å². The van der Waals surface area contributed by atoms with Gasteiger partial charge in [-0.2, -0.15) is 0 Å². The van der Waals surface area contributed by atoms with Crippen molar-refractivity contribution in [3.05, 3.63) is 71.4 Å². The number of carbonyl (C=O) groups is 3. The maximum atomic E-state index is 12.3. The molecule has 0 fully saturated rings. The first-order valence-electron chi connectivity index (χ1n) is 9.31. The third kappa shape index (κ3) is 3.41. The highest BCUT2D eigenvalue weighted by molar-refractivity contribution is 6.21. The van der Waals surface area contributed by atoms with E-state index in [1.54, 1.807) is 24.3 Å². The van der Waals surface area contributed by atoms with Crippen molar-refractivity contribution in [2.45, 2.75) is 19.3 Å². The van der Waals surface area contributed by atoms with Gasteiger partial charge in [0.2, 0.25) is 0 Å². The predicted octanol–water partition coefficient (Wildman–Crippen LogP) is 3.33. The van der Waals surface area contributed by atoms with Crippen LogP contribution in [-0.4, -0.2) is 40.8 Å². The van der Waals surface area contributed by atoms with E-state index in [1.165, 1.54) is 4.90 Å². The smallest absolute Gasteiger partial charge is 0.310 e. The summed E-state index contributed by atoms with van der Waals surface area (Å²) in [4.78, 5) is 41.0. The summed E-state index contributed by atoms with van der Waals surface area (Å²) in [5.74, 6) is -0.792. The van der Waals surface area contributed by atoms with Crippen LogP contribution >= 0.6 is 0 Å². The van der Waals surface area contributed by atoms with E-state index in [0.717, 1.165) is 16.5 Å². The average molecular weight is 376 g/mol. The molecule has 1 aliphatic heterocycles. The van der Waals surface area contributed by atoms with Gasteiger partial charge in [-0.05, 0) is 36.6 Å². The molecule has 142 valence electrons. The minimum Gasteiger partial charge on any atom is -0.465 e. The van der Waals surface area contributed by atoms with Crippen LogP contribution < -0.4 is 0 Å². The van der Waals surface area contributed by atoms with E-state index in [1.807, 2.05) is 30.5 Å². The average Bonchev–Trinajstić information content (AvgIpc) is 3.22. The van der Waals surface area contributed by atoms with Gasteiger partial charge >= 0.3 is 5.97 Å². The van der Waals surface area contributed by atoms with Gasteiger partial charge in [-0.3, -0.25) is 19.3 Å². The van der Waals surface area contributed by atoms with Crippen LogP contribution in [0.5, 0.6) is 0 Å². The second kappa shape index (κ2) is 7.68. The summed E-state index contributed by atoms with van der Waals surface area (Å²) in [7, 11) is 0. The maximum Gasteiger partial charge on any atom is 0.310 e. The molecule has 1 N–H and O–H groups in total. The van der Waals surface area contributed by atoms with E-state index in [4.69, 9.17) is 4.74 Å². The summed E-state index contributed by atoms with van der Waals surface area (Å²) in [5.41, 5.74) is 2.81. The summed E-state index contributed by atoms with van der Waals surface area (Å²) in [6, 6.07) is 14.6. The Hall–Kier alpha value is -3.41.